The van der Waals surface area contributed by atoms with E-state index in [1.54, 1.807) is 0 Å². The molecule has 0 radical (unpaired) electrons. The van der Waals surface area contributed by atoms with Gasteiger partial charge in [-0.1, -0.05) is 58.9 Å². The van der Waals surface area contributed by atoms with E-state index >= 15 is 0 Å². The van der Waals surface area contributed by atoms with Gasteiger partial charge in [-0.05, 0) is 86.2 Å². The van der Waals surface area contributed by atoms with Crippen molar-refractivity contribution in [2.24, 2.45) is 39.6 Å². The summed E-state index contributed by atoms with van der Waals surface area (Å²) in [6.07, 6.45) is 5.75. The second-order valence-electron chi connectivity index (χ2n) is 13.8. The molecule has 0 spiro atoms. The molecule has 5 rings (SSSR count). The minimum atomic E-state index is -0.713. The molecular formula is C32H52BN5O4. The number of nitrogens with two attached hydrogens (primary N) is 2. The lowest BCUT2D eigenvalue weighted by Crippen LogP contribution is -2.65. The molecule has 232 valence electrons. The lowest BCUT2D eigenvalue weighted by molar-refractivity contribution is -0.199. The molecule has 6 N–H and O–H groups in total. The Morgan fingerprint density at radius 2 is 1.79 bits per heavy atom. The molecule has 6 atom stereocenters. The number of carbonyl (C=O) groups excluding carboxylic acids is 2. The van der Waals surface area contributed by atoms with Crippen LogP contribution in [0.2, 0.25) is 0 Å². The van der Waals surface area contributed by atoms with E-state index in [1.807, 2.05) is 0 Å². The van der Waals surface area contributed by atoms with Crippen LogP contribution in [-0.4, -0.2) is 55.1 Å². The predicted molar refractivity (Wildman–Crippen MR) is 167 cm³/mol. The van der Waals surface area contributed by atoms with Gasteiger partial charge in [0.05, 0.1) is 17.6 Å². The van der Waals surface area contributed by atoms with E-state index in [9.17, 15) is 9.59 Å². The predicted octanol–water partition coefficient (Wildman–Crippen LogP) is 3.52. The first-order chi connectivity index (χ1) is 19.8. The lowest BCUT2D eigenvalue weighted by atomic mass is 9.43. The van der Waals surface area contributed by atoms with Crippen LogP contribution >= 0.6 is 0 Å². The molecule has 4 fully saturated rings. The Balaban J connectivity index is 1.41. The number of aryl methyl sites for hydroxylation is 2. The average Bonchev–Trinajstić information content (AvgIpc) is 3.30. The van der Waals surface area contributed by atoms with E-state index < -0.39 is 13.2 Å². The fourth-order valence-corrected chi connectivity index (χ4v) is 7.34. The Labute approximate surface area is 252 Å². The highest BCUT2D eigenvalue weighted by Crippen LogP contribution is 2.65. The number of amides is 2. The van der Waals surface area contributed by atoms with Gasteiger partial charge < -0.3 is 31.4 Å². The van der Waals surface area contributed by atoms with Crippen LogP contribution in [0.15, 0.2) is 29.3 Å². The molecule has 1 aliphatic heterocycles. The first-order valence-corrected chi connectivity index (χ1v) is 15.9. The quantitative estimate of drug-likeness (QED) is 0.115. The summed E-state index contributed by atoms with van der Waals surface area (Å²) in [7, 11) is -0.523. The Morgan fingerprint density at radius 3 is 2.40 bits per heavy atom. The van der Waals surface area contributed by atoms with E-state index in [0.29, 0.717) is 56.4 Å². The molecule has 1 saturated heterocycles. The number of carbonyl (C=O) groups is 2. The summed E-state index contributed by atoms with van der Waals surface area (Å²) in [5.41, 5.74) is 13.2. The number of benzene rings is 1. The van der Waals surface area contributed by atoms with Gasteiger partial charge in [-0.25, -0.2) is 0 Å². The molecule has 1 aromatic carbocycles. The monoisotopic (exact) mass is 581 g/mol. The fourth-order valence-electron chi connectivity index (χ4n) is 7.34. The maximum atomic E-state index is 13.7. The van der Waals surface area contributed by atoms with Crippen molar-refractivity contribution < 1.29 is 18.9 Å². The van der Waals surface area contributed by atoms with Gasteiger partial charge in [0, 0.05) is 13.0 Å². The molecule has 0 unspecified atom stereocenters. The smallest absolute Gasteiger partial charge is 0.404 e. The van der Waals surface area contributed by atoms with Crippen molar-refractivity contribution in [2.75, 3.05) is 6.54 Å². The third-order valence-electron chi connectivity index (χ3n) is 10.0. The SMILES string of the molecule is CCc1ccc(CCC(=O)N[C@@H](CCCN=C(N)N)C(=O)N[C@@H](CC(C)C)B2O[C@@H]3C[C@@H]4C[C@@H](C4(C)C)[C@]3(C)O2)cc1. The zero-order valence-corrected chi connectivity index (χ0v) is 26.4. The number of hydrogen-bond acceptors (Lipinski definition) is 5. The van der Waals surface area contributed by atoms with E-state index in [1.165, 1.54) is 12.0 Å². The second kappa shape index (κ2) is 13.4. The van der Waals surface area contributed by atoms with Crippen LogP contribution in [0, 0.1) is 23.2 Å². The molecule has 3 saturated carbocycles. The highest BCUT2D eigenvalue weighted by molar-refractivity contribution is 6.48. The number of guanidine groups is 1. The summed E-state index contributed by atoms with van der Waals surface area (Å²) < 4.78 is 13.3. The van der Waals surface area contributed by atoms with Gasteiger partial charge >= 0.3 is 7.12 Å². The lowest BCUT2D eigenvalue weighted by Gasteiger charge is -2.64. The normalized spacial score (nSPS) is 27.0. The Hall–Kier alpha value is -2.59. The number of nitrogens with zero attached hydrogens (tertiary/aromatic N) is 1. The van der Waals surface area contributed by atoms with Crippen LogP contribution < -0.4 is 22.1 Å². The van der Waals surface area contributed by atoms with Gasteiger partial charge in [0.25, 0.3) is 0 Å². The van der Waals surface area contributed by atoms with Gasteiger partial charge in [-0.2, -0.15) is 0 Å². The zero-order chi connectivity index (χ0) is 30.7. The largest absolute Gasteiger partial charge is 0.481 e. The molecular weight excluding hydrogens is 529 g/mol. The fraction of sp³-hybridized carbons (Fsp3) is 0.719. The van der Waals surface area contributed by atoms with E-state index in [0.717, 1.165) is 18.4 Å². The van der Waals surface area contributed by atoms with Crippen LogP contribution in [0.3, 0.4) is 0 Å². The van der Waals surface area contributed by atoms with Crippen molar-refractivity contribution in [3.8, 4) is 0 Å². The van der Waals surface area contributed by atoms with Crippen LogP contribution in [-0.2, 0) is 31.7 Å². The molecule has 1 aromatic rings. The maximum Gasteiger partial charge on any atom is 0.481 e. The van der Waals surface area contributed by atoms with Crippen LogP contribution in [0.1, 0.15) is 91.2 Å². The summed E-state index contributed by atoms with van der Waals surface area (Å²) in [4.78, 5) is 30.8. The number of aliphatic imine (C=N–C) groups is 1. The van der Waals surface area contributed by atoms with Crippen LogP contribution in [0.5, 0.6) is 0 Å². The molecule has 9 nitrogen and oxygen atoms in total. The van der Waals surface area contributed by atoms with Gasteiger partial charge in [-0.15, -0.1) is 0 Å². The van der Waals surface area contributed by atoms with Crippen LogP contribution in [0.25, 0.3) is 0 Å². The summed E-state index contributed by atoms with van der Waals surface area (Å²) >= 11 is 0. The van der Waals surface area contributed by atoms with Gasteiger partial charge in [0.15, 0.2) is 5.96 Å². The maximum absolute atomic E-state index is 13.7. The van der Waals surface area contributed by atoms with Gasteiger partial charge in [0.2, 0.25) is 11.8 Å². The molecule has 42 heavy (non-hydrogen) atoms. The van der Waals surface area contributed by atoms with Crippen molar-refractivity contribution >= 4 is 24.9 Å². The average molecular weight is 582 g/mol. The molecule has 1 heterocycles. The summed E-state index contributed by atoms with van der Waals surface area (Å²) in [6, 6.07) is 7.60. The zero-order valence-electron chi connectivity index (χ0n) is 26.4. The van der Waals surface area contributed by atoms with Crippen LogP contribution in [0.4, 0.5) is 0 Å². The highest BCUT2D eigenvalue weighted by atomic mass is 16.7. The number of nitrogens with one attached hydrogen (secondary N) is 2. The molecule has 3 aliphatic carbocycles. The topological polar surface area (TPSA) is 141 Å². The van der Waals surface area contributed by atoms with Crippen molar-refractivity contribution in [1.29, 1.82) is 0 Å². The third kappa shape index (κ3) is 7.30. The standard InChI is InChI=1S/C32H52BN5O4/c1-7-21-10-12-22(13-11-21)14-15-28(39)37-24(9-8-16-36-30(34)35)29(40)38-27(17-20(2)3)33-41-26-19-23-18-25(31(23,4)5)32(26,6)42-33/h10-13,20,23-27H,7-9,14-19H2,1-6H3,(H,37,39)(H,38,40)(H4,34,35,36)/t23-,24-,25-,26+,27-,32-/m0/s1. The first-order valence-electron chi connectivity index (χ1n) is 15.9. The second-order valence-corrected chi connectivity index (χ2v) is 13.8. The van der Waals surface area contributed by atoms with E-state index in [4.69, 9.17) is 20.8 Å². The minimum absolute atomic E-state index is 0.0118. The van der Waals surface area contributed by atoms with Crippen molar-refractivity contribution in [3.63, 3.8) is 0 Å². The molecule has 4 aliphatic rings. The Morgan fingerprint density at radius 1 is 1.10 bits per heavy atom. The molecule has 0 aromatic heterocycles. The van der Waals surface area contributed by atoms with Crippen molar-refractivity contribution in [3.05, 3.63) is 35.4 Å². The molecule has 2 amide bonds. The molecule has 10 heteroatoms. The first kappa shape index (κ1) is 32.3. The summed E-state index contributed by atoms with van der Waals surface area (Å²) in [5.74, 6) is 0.697. The Bertz CT molecular complexity index is 1120. The van der Waals surface area contributed by atoms with Crippen molar-refractivity contribution in [2.45, 2.75) is 117 Å². The molecule has 2 bridgehead atoms. The van der Waals surface area contributed by atoms with E-state index in [-0.39, 0.29) is 40.8 Å². The summed E-state index contributed by atoms with van der Waals surface area (Å²) in [6.45, 7) is 13.6. The third-order valence-corrected chi connectivity index (χ3v) is 10.0. The van der Waals surface area contributed by atoms with Gasteiger partial charge in [0.1, 0.15) is 6.04 Å². The number of hydrogen-bond donors (Lipinski definition) is 4. The summed E-state index contributed by atoms with van der Waals surface area (Å²) in [5, 5.41) is 6.20. The Kier molecular flexibility index (Phi) is 10.3. The number of rotatable bonds is 14. The highest BCUT2D eigenvalue weighted by Gasteiger charge is 2.68. The van der Waals surface area contributed by atoms with Gasteiger partial charge in [-0.3, -0.25) is 14.6 Å². The van der Waals surface area contributed by atoms with Crippen molar-refractivity contribution in [1.82, 2.24) is 10.6 Å². The minimum Gasteiger partial charge on any atom is -0.404 e. The van der Waals surface area contributed by atoms with E-state index in [2.05, 4.69) is 81.4 Å².